The van der Waals surface area contributed by atoms with Crippen LogP contribution in [-0.4, -0.2) is 59.6 Å². The summed E-state index contributed by atoms with van der Waals surface area (Å²) in [7, 11) is 3.83. The van der Waals surface area contributed by atoms with Gasteiger partial charge >= 0.3 is 0 Å². The summed E-state index contributed by atoms with van der Waals surface area (Å²) in [6.45, 7) is 9.01. The van der Waals surface area contributed by atoms with Gasteiger partial charge in [-0.05, 0) is 51.9 Å². The molecule has 0 radical (unpaired) electrons. The molecule has 2 rings (SSSR count). The summed E-state index contributed by atoms with van der Waals surface area (Å²) in [5, 5.41) is 11.6. The number of rotatable bonds is 6. The molecule has 0 amide bonds. The summed E-state index contributed by atoms with van der Waals surface area (Å²) >= 11 is 1.94. The molecule has 0 spiro atoms. The van der Waals surface area contributed by atoms with E-state index in [4.69, 9.17) is 4.74 Å². The van der Waals surface area contributed by atoms with E-state index in [1.54, 1.807) is 0 Å². The monoisotopic (exact) mass is 495 g/mol. The Hall–Kier alpha value is -0.480. The molecule has 150 valence electrons. The number of thioether (sulfide) groups is 1. The fourth-order valence-corrected chi connectivity index (χ4v) is 4.13. The van der Waals surface area contributed by atoms with E-state index in [-0.39, 0.29) is 34.8 Å². The van der Waals surface area contributed by atoms with Crippen LogP contribution in [0.25, 0.3) is 0 Å². The third-order valence-electron chi connectivity index (χ3n) is 5.19. The van der Waals surface area contributed by atoms with Gasteiger partial charge in [-0.3, -0.25) is 9.67 Å². The van der Waals surface area contributed by atoms with Crippen molar-refractivity contribution in [2.75, 3.05) is 33.1 Å². The molecule has 1 aliphatic heterocycles. The Morgan fingerprint density at radius 3 is 2.54 bits per heavy atom. The molecule has 1 aromatic rings. The van der Waals surface area contributed by atoms with Crippen molar-refractivity contribution < 1.29 is 4.74 Å². The highest BCUT2D eigenvalue weighted by Crippen LogP contribution is 2.32. The zero-order valence-electron chi connectivity index (χ0n) is 16.9. The normalized spacial score (nSPS) is 18.2. The predicted octanol–water partition coefficient (Wildman–Crippen LogP) is 2.66. The highest BCUT2D eigenvalue weighted by molar-refractivity contribution is 14.0. The van der Waals surface area contributed by atoms with Crippen LogP contribution in [0.2, 0.25) is 0 Å². The number of halogens is 1. The summed E-state index contributed by atoms with van der Waals surface area (Å²) in [4.78, 5) is 4.40. The topological polar surface area (TPSA) is 63.5 Å². The lowest BCUT2D eigenvalue weighted by molar-refractivity contribution is 0.0782. The van der Waals surface area contributed by atoms with Crippen molar-refractivity contribution in [3.8, 4) is 0 Å². The SMILES string of the molecule is CN=C(NCC1(SC)CCOCC1)NC(C)Cc1c(C)nn(C)c1C.I. The number of aryl methyl sites for hydroxylation is 2. The fraction of sp³-hybridized carbons (Fsp3) is 0.778. The van der Waals surface area contributed by atoms with Gasteiger partial charge in [0, 0.05) is 50.3 Å². The molecule has 1 atom stereocenters. The minimum absolute atomic E-state index is 0. The predicted molar refractivity (Wildman–Crippen MR) is 122 cm³/mol. The van der Waals surface area contributed by atoms with E-state index < -0.39 is 0 Å². The molecule has 1 aromatic heterocycles. The molecular formula is C18H34IN5OS. The molecule has 0 bridgehead atoms. The Balaban J connectivity index is 0.00000338. The first-order valence-corrected chi connectivity index (χ1v) is 10.2. The molecule has 26 heavy (non-hydrogen) atoms. The van der Waals surface area contributed by atoms with Gasteiger partial charge in [-0.15, -0.1) is 24.0 Å². The third kappa shape index (κ3) is 6.02. The second-order valence-corrected chi connectivity index (χ2v) is 8.22. The van der Waals surface area contributed by atoms with Crippen LogP contribution in [0.5, 0.6) is 0 Å². The van der Waals surface area contributed by atoms with Crippen LogP contribution >= 0.6 is 35.7 Å². The first kappa shape index (κ1) is 23.6. The molecule has 2 heterocycles. The van der Waals surface area contributed by atoms with Crippen LogP contribution in [0, 0.1) is 13.8 Å². The number of guanidine groups is 1. The van der Waals surface area contributed by atoms with Gasteiger partial charge < -0.3 is 15.4 Å². The molecular weight excluding hydrogens is 461 g/mol. The second-order valence-electron chi connectivity index (χ2n) is 6.95. The highest BCUT2D eigenvalue weighted by Gasteiger charge is 2.31. The molecule has 1 unspecified atom stereocenters. The van der Waals surface area contributed by atoms with Gasteiger partial charge in [-0.2, -0.15) is 16.9 Å². The lowest BCUT2D eigenvalue weighted by Gasteiger charge is -2.36. The van der Waals surface area contributed by atoms with Gasteiger partial charge in [-0.25, -0.2) is 0 Å². The Morgan fingerprint density at radius 2 is 2.04 bits per heavy atom. The zero-order chi connectivity index (χ0) is 18.4. The van der Waals surface area contributed by atoms with E-state index in [9.17, 15) is 0 Å². The van der Waals surface area contributed by atoms with Crippen molar-refractivity contribution in [1.82, 2.24) is 20.4 Å². The van der Waals surface area contributed by atoms with E-state index >= 15 is 0 Å². The van der Waals surface area contributed by atoms with Crippen LogP contribution in [0.15, 0.2) is 4.99 Å². The summed E-state index contributed by atoms with van der Waals surface area (Å²) in [5.41, 5.74) is 3.67. The fourth-order valence-electron chi connectivity index (χ4n) is 3.34. The molecule has 1 saturated heterocycles. The summed E-state index contributed by atoms with van der Waals surface area (Å²) in [5.74, 6) is 0.867. The molecule has 2 N–H and O–H groups in total. The Bertz CT molecular complexity index is 599. The molecule has 8 heteroatoms. The number of hydrogen-bond donors (Lipinski definition) is 2. The summed E-state index contributed by atoms with van der Waals surface area (Å²) in [6, 6.07) is 0.285. The van der Waals surface area contributed by atoms with Gasteiger partial charge in [0.25, 0.3) is 0 Å². The van der Waals surface area contributed by atoms with E-state index in [1.807, 2.05) is 30.5 Å². The second kappa shape index (κ2) is 10.8. The average Bonchev–Trinajstić information content (AvgIpc) is 2.85. The standard InChI is InChI=1S/C18H33N5OS.HI/c1-13(11-16-14(2)22-23(5)15(16)3)21-17(19-4)20-12-18(25-6)7-9-24-10-8-18;/h13H,7-12H2,1-6H3,(H2,19,20,21);1H. The number of nitrogens with one attached hydrogen (secondary N) is 2. The maximum Gasteiger partial charge on any atom is 0.191 e. The van der Waals surface area contributed by atoms with Crippen LogP contribution in [-0.2, 0) is 18.2 Å². The Kier molecular flexibility index (Phi) is 9.74. The van der Waals surface area contributed by atoms with Gasteiger partial charge in [-0.1, -0.05) is 0 Å². The van der Waals surface area contributed by atoms with Gasteiger partial charge in [0.1, 0.15) is 0 Å². The zero-order valence-corrected chi connectivity index (χ0v) is 20.0. The van der Waals surface area contributed by atoms with E-state index in [0.717, 1.165) is 50.7 Å². The van der Waals surface area contributed by atoms with E-state index in [0.29, 0.717) is 0 Å². The average molecular weight is 495 g/mol. The van der Waals surface area contributed by atoms with Gasteiger partial charge in [0.15, 0.2) is 5.96 Å². The maximum absolute atomic E-state index is 5.52. The molecule has 0 saturated carbocycles. The van der Waals surface area contributed by atoms with Crippen molar-refractivity contribution in [1.29, 1.82) is 0 Å². The molecule has 0 aliphatic carbocycles. The maximum atomic E-state index is 5.52. The van der Waals surface area contributed by atoms with Crippen LogP contribution in [0.3, 0.4) is 0 Å². The molecule has 1 fully saturated rings. The minimum atomic E-state index is 0. The lowest BCUT2D eigenvalue weighted by Crippen LogP contribution is -2.50. The van der Waals surface area contributed by atoms with Crippen molar-refractivity contribution in [2.45, 2.75) is 50.8 Å². The number of aliphatic imine (C=N–C) groups is 1. The van der Waals surface area contributed by atoms with Crippen molar-refractivity contribution in [2.24, 2.45) is 12.0 Å². The van der Waals surface area contributed by atoms with Crippen LogP contribution in [0.1, 0.15) is 36.7 Å². The van der Waals surface area contributed by atoms with Crippen LogP contribution in [0.4, 0.5) is 0 Å². The van der Waals surface area contributed by atoms with Crippen molar-refractivity contribution in [3.05, 3.63) is 17.0 Å². The quantitative estimate of drug-likeness (QED) is 0.361. The number of hydrogen-bond acceptors (Lipinski definition) is 4. The minimum Gasteiger partial charge on any atom is -0.381 e. The van der Waals surface area contributed by atoms with Crippen molar-refractivity contribution >= 4 is 41.7 Å². The van der Waals surface area contributed by atoms with Crippen molar-refractivity contribution in [3.63, 3.8) is 0 Å². The number of aromatic nitrogens is 2. The van der Waals surface area contributed by atoms with Gasteiger partial charge in [0.05, 0.1) is 5.69 Å². The van der Waals surface area contributed by atoms with Crippen LogP contribution < -0.4 is 10.6 Å². The Morgan fingerprint density at radius 1 is 1.38 bits per heavy atom. The Labute approximate surface area is 179 Å². The first-order chi connectivity index (χ1) is 11.9. The molecule has 6 nitrogen and oxygen atoms in total. The molecule has 0 aromatic carbocycles. The summed E-state index contributed by atoms with van der Waals surface area (Å²) < 4.78 is 7.72. The smallest absolute Gasteiger partial charge is 0.191 e. The highest BCUT2D eigenvalue weighted by atomic mass is 127. The third-order valence-corrected chi connectivity index (χ3v) is 6.61. The molecule has 1 aliphatic rings. The van der Waals surface area contributed by atoms with E-state index in [2.05, 4.69) is 47.8 Å². The van der Waals surface area contributed by atoms with Gasteiger partial charge in [0.2, 0.25) is 0 Å². The largest absolute Gasteiger partial charge is 0.381 e. The lowest BCUT2D eigenvalue weighted by atomic mass is 9.99. The summed E-state index contributed by atoms with van der Waals surface area (Å²) in [6.07, 6.45) is 5.30. The van der Waals surface area contributed by atoms with E-state index in [1.165, 1.54) is 11.3 Å². The first-order valence-electron chi connectivity index (χ1n) is 9.00. The number of nitrogens with zero attached hydrogens (tertiary/aromatic N) is 3. The number of ether oxygens (including phenoxy) is 1.